The van der Waals surface area contributed by atoms with Gasteiger partial charge in [0.2, 0.25) is 5.91 Å². The summed E-state index contributed by atoms with van der Waals surface area (Å²) in [5.41, 5.74) is 2.05. The fraction of sp³-hybridized carbons (Fsp3) is 0.500. The van der Waals surface area contributed by atoms with Crippen LogP contribution in [0.5, 0.6) is 0 Å². The van der Waals surface area contributed by atoms with Gasteiger partial charge in [0.05, 0.1) is 18.8 Å². The van der Waals surface area contributed by atoms with Crippen LogP contribution in [-0.4, -0.2) is 45.5 Å². The van der Waals surface area contributed by atoms with Crippen molar-refractivity contribution in [2.45, 2.75) is 38.8 Å². The molecular weight excluding hydrogens is 304 g/mol. The van der Waals surface area contributed by atoms with Gasteiger partial charge >= 0.3 is 0 Å². The van der Waals surface area contributed by atoms with E-state index in [0.717, 1.165) is 25.1 Å². The summed E-state index contributed by atoms with van der Waals surface area (Å²) in [6.07, 6.45) is 4.21. The summed E-state index contributed by atoms with van der Waals surface area (Å²) in [5, 5.41) is 8.32. The Balaban J connectivity index is 1.49. The van der Waals surface area contributed by atoms with Crippen molar-refractivity contribution in [2.75, 3.05) is 19.7 Å². The summed E-state index contributed by atoms with van der Waals surface area (Å²) in [6, 6.07) is 10.4. The van der Waals surface area contributed by atoms with Gasteiger partial charge in [0, 0.05) is 26.1 Å². The number of rotatable bonds is 7. The van der Waals surface area contributed by atoms with Crippen LogP contribution < -0.4 is 0 Å². The van der Waals surface area contributed by atoms with Gasteiger partial charge in [-0.15, -0.1) is 5.10 Å². The van der Waals surface area contributed by atoms with E-state index >= 15 is 0 Å². The monoisotopic (exact) mass is 328 g/mol. The smallest absolute Gasteiger partial charge is 0.222 e. The Bertz CT molecular complexity index is 656. The van der Waals surface area contributed by atoms with Crippen LogP contribution in [0.15, 0.2) is 36.5 Å². The lowest BCUT2D eigenvalue weighted by molar-refractivity contribution is -0.130. The molecule has 6 nitrogen and oxygen atoms in total. The maximum absolute atomic E-state index is 12.4. The number of benzene rings is 1. The van der Waals surface area contributed by atoms with Crippen molar-refractivity contribution in [2.24, 2.45) is 0 Å². The Kier molecular flexibility index (Phi) is 5.59. The third-order valence-electron chi connectivity index (χ3n) is 4.37. The van der Waals surface area contributed by atoms with Crippen LogP contribution in [0.4, 0.5) is 0 Å². The molecule has 2 aromatic rings. The molecule has 1 unspecified atom stereocenters. The molecule has 128 valence electrons. The number of aryl methyl sites for hydroxylation is 1. The summed E-state index contributed by atoms with van der Waals surface area (Å²) in [7, 11) is 0. The number of carbonyl (C=O) groups is 1. The standard InChI is InChI=1S/C18H24N4O2/c1-2-24-14-16-12-22(20-19-16)17-10-11-21(13-17)18(23)9-8-15-6-4-3-5-7-15/h3-7,12,17H,2,8-11,13-14H2,1H3. The van der Waals surface area contributed by atoms with Gasteiger partial charge in [-0.3, -0.25) is 4.79 Å². The highest BCUT2D eigenvalue weighted by molar-refractivity contribution is 5.76. The van der Waals surface area contributed by atoms with E-state index < -0.39 is 0 Å². The third-order valence-corrected chi connectivity index (χ3v) is 4.37. The van der Waals surface area contributed by atoms with Gasteiger partial charge in [-0.2, -0.15) is 0 Å². The van der Waals surface area contributed by atoms with Crippen molar-refractivity contribution in [3.63, 3.8) is 0 Å². The van der Waals surface area contributed by atoms with E-state index in [-0.39, 0.29) is 11.9 Å². The fourth-order valence-corrected chi connectivity index (χ4v) is 3.00. The molecule has 1 fully saturated rings. The first-order valence-electron chi connectivity index (χ1n) is 8.56. The Morgan fingerprint density at radius 1 is 1.33 bits per heavy atom. The molecule has 1 aromatic heterocycles. The number of aromatic nitrogens is 3. The van der Waals surface area contributed by atoms with Gasteiger partial charge in [-0.05, 0) is 25.3 Å². The minimum absolute atomic E-state index is 0.216. The van der Waals surface area contributed by atoms with Crippen LogP contribution in [0, 0.1) is 0 Å². The summed E-state index contributed by atoms with van der Waals surface area (Å²) in [4.78, 5) is 14.3. The largest absolute Gasteiger partial charge is 0.375 e. The highest BCUT2D eigenvalue weighted by atomic mass is 16.5. The molecule has 0 spiro atoms. The lowest BCUT2D eigenvalue weighted by Crippen LogP contribution is -2.29. The van der Waals surface area contributed by atoms with Crippen molar-refractivity contribution in [3.8, 4) is 0 Å². The first kappa shape index (κ1) is 16.6. The van der Waals surface area contributed by atoms with Crippen molar-refractivity contribution >= 4 is 5.91 Å². The van der Waals surface area contributed by atoms with Crippen LogP contribution in [0.1, 0.15) is 37.1 Å². The van der Waals surface area contributed by atoms with Crippen LogP contribution >= 0.6 is 0 Å². The summed E-state index contributed by atoms with van der Waals surface area (Å²) >= 11 is 0. The van der Waals surface area contributed by atoms with Gasteiger partial charge in [0.1, 0.15) is 5.69 Å². The summed E-state index contributed by atoms with van der Waals surface area (Å²) in [5.74, 6) is 0.219. The quantitative estimate of drug-likeness (QED) is 0.782. The predicted octanol–water partition coefficient (Wildman–Crippen LogP) is 2.22. The molecule has 24 heavy (non-hydrogen) atoms. The number of carbonyl (C=O) groups excluding carboxylic acids is 1. The number of hydrogen-bond donors (Lipinski definition) is 0. The molecule has 6 heteroatoms. The Morgan fingerprint density at radius 2 is 2.17 bits per heavy atom. The molecule has 1 aliphatic rings. The van der Waals surface area contributed by atoms with Crippen LogP contribution in [-0.2, 0) is 22.6 Å². The first-order valence-corrected chi connectivity index (χ1v) is 8.56. The maximum atomic E-state index is 12.4. The first-order chi connectivity index (χ1) is 11.8. The van der Waals surface area contributed by atoms with E-state index in [1.54, 1.807) is 0 Å². The number of hydrogen-bond acceptors (Lipinski definition) is 4. The Labute approximate surface area is 142 Å². The van der Waals surface area contributed by atoms with Crippen LogP contribution in [0.25, 0.3) is 0 Å². The zero-order valence-electron chi connectivity index (χ0n) is 14.1. The third kappa shape index (κ3) is 4.20. The molecule has 0 saturated carbocycles. The second-order valence-electron chi connectivity index (χ2n) is 6.09. The predicted molar refractivity (Wildman–Crippen MR) is 90.3 cm³/mol. The van der Waals surface area contributed by atoms with E-state index in [2.05, 4.69) is 22.4 Å². The SMILES string of the molecule is CCOCc1cn(C2CCN(C(=O)CCc3ccccc3)C2)nn1. The molecule has 1 aliphatic heterocycles. The van der Waals surface area contributed by atoms with Crippen LogP contribution in [0.2, 0.25) is 0 Å². The average Bonchev–Trinajstić information content (AvgIpc) is 3.28. The molecule has 1 atom stereocenters. The van der Waals surface area contributed by atoms with E-state index in [9.17, 15) is 4.79 Å². The number of likely N-dealkylation sites (tertiary alicyclic amines) is 1. The number of amides is 1. The van der Waals surface area contributed by atoms with Crippen molar-refractivity contribution in [1.82, 2.24) is 19.9 Å². The maximum Gasteiger partial charge on any atom is 0.222 e. The minimum Gasteiger partial charge on any atom is -0.375 e. The van der Waals surface area contributed by atoms with Gasteiger partial charge in [-0.25, -0.2) is 4.68 Å². The molecule has 0 N–H and O–H groups in total. The molecule has 1 amide bonds. The molecule has 0 bridgehead atoms. The second kappa shape index (κ2) is 8.06. The Hall–Kier alpha value is -2.21. The Morgan fingerprint density at radius 3 is 2.96 bits per heavy atom. The highest BCUT2D eigenvalue weighted by Crippen LogP contribution is 2.22. The van der Waals surface area contributed by atoms with Crippen LogP contribution in [0.3, 0.4) is 0 Å². The normalized spacial score (nSPS) is 17.4. The molecule has 0 radical (unpaired) electrons. The highest BCUT2D eigenvalue weighted by Gasteiger charge is 2.27. The number of nitrogens with zero attached hydrogens (tertiary/aromatic N) is 4. The van der Waals surface area contributed by atoms with E-state index in [0.29, 0.717) is 26.2 Å². The average molecular weight is 328 g/mol. The number of ether oxygens (including phenoxy) is 1. The lowest BCUT2D eigenvalue weighted by Gasteiger charge is -2.16. The van der Waals surface area contributed by atoms with E-state index in [1.807, 2.05) is 40.9 Å². The zero-order valence-corrected chi connectivity index (χ0v) is 14.1. The molecule has 0 aliphatic carbocycles. The van der Waals surface area contributed by atoms with Gasteiger partial charge < -0.3 is 9.64 Å². The molecule has 2 heterocycles. The summed E-state index contributed by atoms with van der Waals surface area (Å²) in [6.45, 7) is 4.62. The topological polar surface area (TPSA) is 60.2 Å². The summed E-state index contributed by atoms with van der Waals surface area (Å²) < 4.78 is 7.22. The van der Waals surface area contributed by atoms with E-state index in [1.165, 1.54) is 5.56 Å². The molecule has 1 saturated heterocycles. The lowest BCUT2D eigenvalue weighted by atomic mass is 10.1. The van der Waals surface area contributed by atoms with Gasteiger partial charge in [0.15, 0.2) is 0 Å². The molecule has 3 rings (SSSR count). The molecule has 1 aromatic carbocycles. The van der Waals surface area contributed by atoms with Crippen molar-refractivity contribution in [3.05, 3.63) is 47.8 Å². The van der Waals surface area contributed by atoms with Gasteiger partial charge in [-0.1, -0.05) is 35.5 Å². The van der Waals surface area contributed by atoms with Crippen molar-refractivity contribution < 1.29 is 9.53 Å². The zero-order chi connectivity index (χ0) is 16.8. The van der Waals surface area contributed by atoms with E-state index in [4.69, 9.17) is 4.74 Å². The molecular formula is C18H24N4O2. The van der Waals surface area contributed by atoms with Gasteiger partial charge in [0.25, 0.3) is 0 Å². The minimum atomic E-state index is 0.216. The fourth-order valence-electron chi connectivity index (χ4n) is 3.00. The second-order valence-corrected chi connectivity index (χ2v) is 6.09. The van der Waals surface area contributed by atoms with Crippen molar-refractivity contribution in [1.29, 1.82) is 0 Å².